The highest BCUT2D eigenvalue weighted by molar-refractivity contribution is 6.07. The molecule has 0 radical (unpaired) electrons. The molecule has 3 heteroatoms. The SMILES string of the molecule is Cc1ccc(C=CC(=O)c2cccc(N3CCOCC3)c2)cc1. The second kappa shape index (κ2) is 7.25. The van der Waals surface area contributed by atoms with Crippen LogP contribution in [0.2, 0.25) is 0 Å². The van der Waals surface area contributed by atoms with Crippen LogP contribution >= 0.6 is 0 Å². The van der Waals surface area contributed by atoms with Crippen LogP contribution in [0.5, 0.6) is 0 Å². The molecule has 118 valence electrons. The fourth-order valence-corrected chi connectivity index (χ4v) is 2.62. The number of aryl methyl sites for hydroxylation is 1. The summed E-state index contributed by atoms with van der Waals surface area (Å²) >= 11 is 0. The Kier molecular flexibility index (Phi) is 4.89. The predicted molar refractivity (Wildman–Crippen MR) is 94.0 cm³/mol. The van der Waals surface area contributed by atoms with Gasteiger partial charge in [0, 0.05) is 24.3 Å². The number of ketones is 1. The zero-order valence-corrected chi connectivity index (χ0v) is 13.4. The first-order valence-electron chi connectivity index (χ1n) is 7.94. The summed E-state index contributed by atoms with van der Waals surface area (Å²) in [5, 5.41) is 0. The van der Waals surface area contributed by atoms with Crippen LogP contribution < -0.4 is 4.90 Å². The quantitative estimate of drug-likeness (QED) is 0.637. The van der Waals surface area contributed by atoms with Gasteiger partial charge in [-0.3, -0.25) is 4.79 Å². The summed E-state index contributed by atoms with van der Waals surface area (Å²) in [6, 6.07) is 15.9. The zero-order valence-electron chi connectivity index (χ0n) is 13.4. The highest BCUT2D eigenvalue weighted by Crippen LogP contribution is 2.18. The Labute approximate surface area is 137 Å². The Morgan fingerprint density at radius 3 is 2.57 bits per heavy atom. The van der Waals surface area contributed by atoms with Crippen molar-refractivity contribution < 1.29 is 9.53 Å². The fourth-order valence-electron chi connectivity index (χ4n) is 2.62. The number of anilines is 1. The Bertz CT molecular complexity index is 698. The third-order valence-corrected chi connectivity index (χ3v) is 4.01. The third kappa shape index (κ3) is 4.08. The van der Waals surface area contributed by atoms with E-state index in [1.807, 2.05) is 54.6 Å². The summed E-state index contributed by atoms with van der Waals surface area (Å²) < 4.78 is 5.38. The van der Waals surface area contributed by atoms with Crippen molar-refractivity contribution in [1.29, 1.82) is 0 Å². The Morgan fingerprint density at radius 1 is 1.09 bits per heavy atom. The Hall–Kier alpha value is -2.39. The molecular weight excluding hydrogens is 286 g/mol. The summed E-state index contributed by atoms with van der Waals surface area (Å²) in [5.41, 5.74) is 4.06. The average molecular weight is 307 g/mol. The first-order chi connectivity index (χ1) is 11.2. The van der Waals surface area contributed by atoms with Gasteiger partial charge in [0.2, 0.25) is 0 Å². The third-order valence-electron chi connectivity index (χ3n) is 4.01. The average Bonchev–Trinajstić information content (AvgIpc) is 2.62. The van der Waals surface area contributed by atoms with Gasteiger partial charge in [-0.1, -0.05) is 48.0 Å². The van der Waals surface area contributed by atoms with Gasteiger partial charge in [-0.2, -0.15) is 0 Å². The fraction of sp³-hybridized carbons (Fsp3) is 0.250. The Morgan fingerprint density at radius 2 is 1.83 bits per heavy atom. The van der Waals surface area contributed by atoms with Gasteiger partial charge in [0.1, 0.15) is 0 Å². The van der Waals surface area contributed by atoms with Crippen molar-refractivity contribution in [3.8, 4) is 0 Å². The van der Waals surface area contributed by atoms with Crippen molar-refractivity contribution in [3.05, 3.63) is 71.3 Å². The van der Waals surface area contributed by atoms with Crippen LogP contribution in [-0.2, 0) is 4.74 Å². The molecular formula is C20H21NO2. The highest BCUT2D eigenvalue weighted by atomic mass is 16.5. The molecule has 23 heavy (non-hydrogen) atoms. The molecule has 1 aliphatic rings. The maximum atomic E-state index is 12.4. The molecule has 0 unspecified atom stereocenters. The molecule has 0 aliphatic carbocycles. The van der Waals surface area contributed by atoms with Crippen LogP contribution in [0, 0.1) is 6.92 Å². The van der Waals surface area contributed by atoms with Gasteiger partial charge in [0.05, 0.1) is 13.2 Å². The molecule has 3 rings (SSSR count). The lowest BCUT2D eigenvalue weighted by Crippen LogP contribution is -2.36. The van der Waals surface area contributed by atoms with E-state index in [0.29, 0.717) is 0 Å². The van der Waals surface area contributed by atoms with E-state index in [-0.39, 0.29) is 5.78 Å². The van der Waals surface area contributed by atoms with E-state index in [0.717, 1.165) is 43.1 Å². The molecule has 0 N–H and O–H groups in total. The first-order valence-corrected chi connectivity index (χ1v) is 7.94. The second-order valence-corrected chi connectivity index (χ2v) is 5.76. The molecule has 0 amide bonds. The number of rotatable bonds is 4. The van der Waals surface area contributed by atoms with Crippen LogP contribution in [0.15, 0.2) is 54.6 Å². The molecule has 1 fully saturated rings. The van der Waals surface area contributed by atoms with Crippen molar-refractivity contribution >= 4 is 17.5 Å². The molecule has 1 saturated heterocycles. The van der Waals surface area contributed by atoms with Gasteiger partial charge < -0.3 is 9.64 Å². The van der Waals surface area contributed by atoms with Crippen molar-refractivity contribution in [1.82, 2.24) is 0 Å². The molecule has 0 spiro atoms. The number of hydrogen-bond acceptors (Lipinski definition) is 3. The van der Waals surface area contributed by atoms with Crippen LogP contribution in [-0.4, -0.2) is 32.1 Å². The number of nitrogens with zero attached hydrogens (tertiary/aromatic N) is 1. The van der Waals surface area contributed by atoms with Crippen molar-refractivity contribution in [2.24, 2.45) is 0 Å². The number of carbonyl (C=O) groups excluding carboxylic acids is 1. The van der Waals surface area contributed by atoms with Crippen LogP contribution in [0.3, 0.4) is 0 Å². The van der Waals surface area contributed by atoms with Gasteiger partial charge in [-0.05, 0) is 30.7 Å². The minimum absolute atomic E-state index is 0.0284. The second-order valence-electron chi connectivity index (χ2n) is 5.76. The highest BCUT2D eigenvalue weighted by Gasteiger charge is 2.12. The molecule has 0 bridgehead atoms. The van der Waals surface area contributed by atoms with E-state index in [1.165, 1.54) is 5.56 Å². The molecule has 0 saturated carbocycles. The van der Waals surface area contributed by atoms with Crippen LogP contribution in [0.1, 0.15) is 21.5 Å². The smallest absolute Gasteiger partial charge is 0.185 e. The van der Waals surface area contributed by atoms with Gasteiger partial charge in [-0.25, -0.2) is 0 Å². The zero-order chi connectivity index (χ0) is 16.1. The summed E-state index contributed by atoms with van der Waals surface area (Å²) in [7, 11) is 0. The molecule has 2 aromatic carbocycles. The Balaban J connectivity index is 1.73. The molecule has 0 aromatic heterocycles. The van der Waals surface area contributed by atoms with Gasteiger partial charge in [0.15, 0.2) is 5.78 Å². The van der Waals surface area contributed by atoms with E-state index in [9.17, 15) is 4.79 Å². The number of hydrogen-bond donors (Lipinski definition) is 0. The van der Waals surface area contributed by atoms with Gasteiger partial charge in [0.25, 0.3) is 0 Å². The van der Waals surface area contributed by atoms with Gasteiger partial charge >= 0.3 is 0 Å². The molecule has 1 heterocycles. The number of carbonyl (C=O) groups is 1. The van der Waals surface area contributed by atoms with Crippen molar-refractivity contribution in [2.45, 2.75) is 6.92 Å². The van der Waals surface area contributed by atoms with Crippen LogP contribution in [0.4, 0.5) is 5.69 Å². The minimum atomic E-state index is 0.0284. The van der Waals surface area contributed by atoms with E-state index in [4.69, 9.17) is 4.74 Å². The predicted octanol–water partition coefficient (Wildman–Crippen LogP) is 3.73. The monoisotopic (exact) mass is 307 g/mol. The number of ether oxygens (including phenoxy) is 1. The molecule has 3 nitrogen and oxygen atoms in total. The first kappa shape index (κ1) is 15.5. The molecule has 0 atom stereocenters. The number of morpholine rings is 1. The standard InChI is InChI=1S/C20H21NO2/c1-16-5-7-17(8-6-16)9-10-20(22)18-3-2-4-19(15-18)21-11-13-23-14-12-21/h2-10,15H,11-14H2,1H3. The van der Waals surface area contributed by atoms with E-state index >= 15 is 0 Å². The largest absolute Gasteiger partial charge is 0.378 e. The number of benzene rings is 2. The normalized spacial score (nSPS) is 15.1. The summed E-state index contributed by atoms with van der Waals surface area (Å²) in [6.07, 6.45) is 3.51. The van der Waals surface area contributed by atoms with Crippen molar-refractivity contribution in [2.75, 3.05) is 31.2 Å². The lowest BCUT2D eigenvalue weighted by atomic mass is 10.1. The minimum Gasteiger partial charge on any atom is -0.378 e. The maximum Gasteiger partial charge on any atom is 0.185 e. The van der Waals surface area contributed by atoms with E-state index in [2.05, 4.69) is 11.8 Å². The van der Waals surface area contributed by atoms with Gasteiger partial charge in [-0.15, -0.1) is 0 Å². The van der Waals surface area contributed by atoms with Crippen LogP contribution in [0.25, 0.3) is 6.08 Å². The summed E-state index contributed by atoms with van der Waals surface area (Å²) in [6.45, 7) is 5.28. The van der Waals surface area contributed by atoms with Crippen molar-refractivity contribution in [3.63, 3.8) is 0 Å². The van der Waals surface area contributed by atoms with E-state index in [1.54, 1.807) is 6.08 Å². The van der Waals surface area contributed by atoms with E-state index < -0.39 is 0 Å². The maximum absolute atomic E-state index is 12.4. The summed E-state index contributed by atoms with van der Waals surface area (Å²) in [4.78, 5) is 14.6. The lowest BCUT2D eigenvalue weighted by Gasteiger charge is -2.29. The molecule has 2 aromatic rings. The summed E-state index contributed by atoms with van der Waals surface area (Å²) in [5.74, 6) is 0.0284. The molecule has 1 aliphatic heterocycles. The number of allylic oxidation sites excluding steroid dienone is 1. The topological polar surface area (TPSA) is 29.5 Å². The lowest BCUT2D eigenvalue weighted by molar-refractivity contribution is 0.104.